The Kier molecular flexibility index (Phi) is 55.9. The Morgan fingerprint density at radius 1 is 0.542 bits per heavy atom. The van der Waals surface area contributed by atoms with Gasteiger partial charge in [0.25, 0.3) is 0 Å². The van der Waals surface area contributed by atoms with E-state index < -0.39 is 108 Å². The molecule has 7 rings (SSSR count). The molecule has 17 atom stereocenters. The Hall–Kier alpha value is -8.17. The number of quaternary nitrogens is 1. The Balaban J connectivity index is 0.874. The average Bonchev–Trinajstić information content (AvgIpc) is 1.62. The van der Waals surface area contributed by atoms with Crippen molar-refractivity contribution < 1.29 is 119 Å². The van der Waals surface area contributed by atoms with Crippen LogP contribution >= 0.6 is 0 Å². The van der Waals surface area contributed by atoms with Crippen molar-refractivity contribution in [3.05, 3.63) is 58.7 Å². The lowest BCUT2D eigenvalue weighted by molar-refractivity contribution is -0.869. The van der Waals surface area contributed by atoms with E-state index in [-0.39, 0.29) is 144 Å². The maximum absolute atomic E-state index is 15.2. The first-order chi connectivity index (χ1) is 68.9. The van der Waals surface area contributed by atoms with E-state index in [0.29, 0.717) is 168 Å². The second kappa shape index (κ2) is 65.6. The number of carbonyl (C=O) groups excluding carboxylic acids is 11. The molecule has 40 nitrogen and oxygen atoms in total. The van der Waals surface area contributed by atoms with Crippen molar-refractivity contribution in [3.8, 4) is 0 Å². The Morgan fingerprint density at radius 3 is 1.73 bits per heavy atom. The highest BCUT2D eigenvalue weighted by atomic mass is 16.6. The summed E-state index contributed by atoms with van der Waals surface area (Å²) in [5.74, 6) is -6.84. The van der Waals surface area contributed by atoms with Crippen LogP contribution in [0, 0.1) is 53.3 Å². The summed E-state index contributed by atoms with van der Waals surface area (Å²) in [5, 5.41) is 32.6. The summed E-state index contributed by atoms with van der Waals surface area (Å²) < 4.78 is 70.9. The third-order valence-electron chi connectivity index (χ3n) is 28.3. The van der Waals surface area contributed by atoms with Crippen LogP contribution in [0.3, 0.4) is 0 Å². The second-order valence-corrected chi connectivity index (χ2v) is 41.3. The van der Waals surface area contributed by atoms with Crippen LogP contribution in [-0.4, -0.2) is 374 Å². The number of carbonyl (C=O) groups is 11. The number of hydrogen-bond acceptors (Lipinski definition) is 30. The fourth-order valence-electron chi connectivity index (χ4n) is 19.7. The lowest BCUT2D eigenvalue weighted by Gasteiger charge is -2.41. The van der Waals surface area contributed by atoms with Crippen molar-refractivity contribution in [3.63, 3.8) is 0 Å². The van der Waals surface area contributed by atoms with Gasteiger partial charge < -0.3 is 124 Å². The van der Waals surface area contributed by atoms with E-state index in [1.54, 1.807) is 63.6 Å². The Morgan fingerprint density at radius 2 is 1.13 bits per heavy atom. The molecule has 3 aliphatic carbocycles. The first-order valence-electron chi connectivity index (χ1n) is 52.9. The molecule has 1 unspecified atom stereocenters. The highest BCUT2D eigenvalue weighted by Gasteiger charge is 2.52. The number of ether oxygens (including phenoxy) is 12. The number of rotatable bonds is 73. The van der Waals surface area contributed by atoms with Crippen LogP contribution in [0.4, 0.5) is 0 Å². The largest absolute Gasteiger partial charge is 0.386 e. The molecule has 820 valence electrons. The van der Waals surface area contributed by atoms with Gasteiger partial charge in [0.2, 0.25) is 53.2 Å². The lowest BCUT2D eigenvalue weighted by atomic mass is 9.83. The van der Waals surface area contributed by atoms with Crippen LogP contribution in [0.1, 0.15) is 216 Å². The van der Waals surface area contributed by atoms with Crippen LogP contribution in [0.15, 0.2) is 53.1 Å². The highest BCUT2D eigenvalue weighted by molar-refractivity contribution is 5.97. The summed E-state index contributed by atoms with van der Waals surface area (Å²) in [6.45, 7) is 27.9. The molecule has 0 aromatic heterocycles. The van der Waals surface area contributed by atoms with E-state index in [9.17, 15) is 53.1 Å². The van der Waals surface area contributed by atoms with Gasteiger partial charge >= 0.3 is 0 Å². The minimum atomic E-state index is -1.13. The van der Waals surface area contributed by atoms with Crippen LogP contribution < -0.4 is 53.8 Å². The predicted octanol–water partition coefficient (Wildman–Crippen LogP) is 5.48. The number of nitrogens with one attached hydrogen (secondary N) is 10. The molecule has 1 aromatic carbocycles. The van der Waals surface area contributed by atoms with Crippen LogP contribution in [0.5, 0.6) is 0 Å². The topological polar surface area (TPSA) is 455 Å². The molecule has 1 saturated heterocycles. The van der Waals surface area contributed by atoms with Gasteiger partial charge in [0.05, 0.1) is 231 Å². The number of ketones is 2. The molecule has 0 spiro atoms. The van der Waals surface area contributed by atoms with Gasteiger partial charge in [-0.2, -0.15) is 0 Å². The minimum Gasteiger partial charge on any atom is -0.386 e. The zero-order valence-electron chi connectivity index (χ0n) is 90.1. The first kappa shape index (κ1) is 123. The number of aliphatic hydroxyl groups is 1. The summed E-state index contributed by atoms with van der Waals surface area (Å²) in [6.07, 6.45) is 8.04. The molecule has 3 aliphatic heterocycles. The number of hydrazine groups is 4. The zero-order chi connectivity index (χ0) is 105. The number of benzene rings is 1. The molecule has 3 heterocycles. The van der Waals surface area contributed by atoms with E-state index in [4.69, 9.17) is 56.8 Å². The van der Waals surface area contributed by atoms with Crippen LogP contribution in [-0.2, 0) is 110 Å². The van der Waals surface area contributed by atoms with E-state index in [2.05, 4.69) is 75.0 Å². The number of unbranched alkanes of at least 4 members (excludes halogenated alkanes) is 1. The number of nitrogens with zero attached hydrogens (tertiary/aromatic N) is 6. The van der Waals surface area contributed by atoms with Gasteiger partial charge in [-0.15, -0.1) is 11.1 Å². The number of likely N-dealkylation sites (N-methyl/N-ethyl adjacent to an activating group) is 3. The smallest absolute Gasteiger partial charge is 0.246 e. The van der Waals surface area contributed by atoms with E-state index in [1.165, 1.54) is 37.6 Å². The second-order valence-electron chi connectivity index (χ2n) is 41.3. The van der Waals surface area contributed by atoms with Crippen molar-refractivity contribution in [1.82, 2.24) is 78.5 Å². The van der Waals surface area contributed by atoms with Crippen molar-refractivity contribution >= 4 is 64.7 Å². The number of Topliss-reactive ketones (excluding diaryl/α,β-unsaturated/α-hetero) is 2. The van der Waals surface area contributed by atoms with Crippen molar-refractivity contribution in [2.75, 3.05) is 215 Å². The molecule has 0 bridgehead atoms. The molecule has 40 heteroatoms. The third-order valence-corrected chi connectivity index (χ3v) is 28.3. The van der Waals surface area contributed by atoms with Crippen molar-refractivity contribution in [2.45, 2.75) is 271 Å². The number of allylic oxidation sites excluding steroid dienone is 3. The van der Waals surface area contributed by atoms with Gasteiger partial charge in [-0.1, -0.05) is 119 Å². The summed E-state index contributed by atoms with van der Waals surface area (Å²) in [6, 6.07) is 4.14. The molecular weight excluding hydrogens is 1860 g/mol. The summed E-state index contributed by atoms with van der Waals surface area (Å²) in [5.41, 5.74) is 18.1. The van der Waals surface area contributed by atoms with Gasteiger partial charge in [0.1, 0.15) is 25.4 Å². The quantitative estimate of drug-likeness (QED) is 0.0284. The van der Waals surface area contributed by atoms with Crippen molar-refractivity contribution in [1.29, 1.82) is 0 Å². The van der Waals surface area contributed by atoms with Gasteiger partial charge in [0, 0.05) is 98.2 Å². The molecule has 11 N–H and O–H groups in total. The number of likely N-dealkylation sites (tertiary alicyclic amines) is 1. The van der Waals surface area contributed by atoms with Gasteiger partial charge in [-0.3, -0.25) is 62.8 Å². The Bertz CT molecular complexity index is 4110. The number of methoxy groups -OCH3 is 2. The van der Waals surface area contributed by atoms with Crippen molar-refractivity contribution in [2.24, 2.45) is 53.3 Å². The predicted molar refractivity (Wildman–Crippen MR) is 543 cm³/mol. The molecule has 1 aromatic rings. The highest BCUT2D eigenvalue weighted by Crippen LogP contribution is 2.51. The normalized spacial score (nSPS) is 20.0. The summed E-state index contributed by atoms with van der Waals surface area (Å²) in [4.78, 5) is 159. The van der Waals surface area contributed by atoms with E-state index in [1.807, 2.05) is 76.8 Å². The molecule has 0 radical (unpaired) electrons. The summed E-state index contributed by atoms with van der Waals surface area (Å²) >= 11 is 0. The summed E-state index contributed by atoms with van der Waals surface area (Å²) in [7, 11) is 14.5. The van der Waals surface area contributed by atoms with Gasteiger partial charge in [-0.25, -0.2) is 0 Å². The third kappa shape index (κ3) is 41.7. The molecular formula is C104H181N16O24+. The fourth-order valence-corrected chi connectivity index (χ4v) is 19.7. The maximum atomic E-state index is 15.2. The van der Waals surface area contributed by atoms with E-state index in [0.717, 1.165) is 73.8 Å². The zero-order valence-corrected chi connectivity index (χ0v) is 90.1. The number of hydrogen-bond donors (Lipinski definition) is 11. The first-order valence-corrected chi connectivity index (χ1v) is 52.9. The van der Waals surface area contributed by atoms with Crippen LogP contribution in [0.2, 0.25) is 0 Å². The Labute approximate surface area is 856 Å². The average molecular weight is 2040 g/mol. The maximum Gasteiger partial charge on any atom is 0.246 e. The molecule has 144 heavy (non-hydrogen) atoms. The van der Waals surface area contributed by atoms with Crippen LogP contribution in [0.25, 0.3) is 0 Å². The molecule has 2 fully saturated rings. The number of aliphatic hydroxyl groups excluding tert-OH is 1. The number of fused-ring (bicyclic) bond motifs is 1. The van der Waals surface area contributed by atoms with E-state index >= 15 is 4.79 Å². The lowest BCUT2D eigenvalue weighted by Crippen LogP contribution is -2.55. The SMILES string of the molecule is CC[C@H](C)[C@@H]([C@@H](CC(=O)N1CCC[C@H]1[C@H](OC)[C@@H](C)C(=O)N[C@H](C)[C@@H](O)c1ccccc1)OC)N(C)C(=O)[C@@H](CC(=O)[C@H](C(C)C)N(C)C(=O)[C@H](C)CC(=O)[C@@H](NC(=O)[C@@H](CCCCNC(=O)COC1CCCCCC2=C1NNN2CCOCCOCCOCCOCCC(=O)NCC[N+](C)(C)C)NC(=O)CCOCCOCCOCCOCCNC(=O)CO[C@@H]1[C@@H]2CCC3=C(CC[C@@H]21)NNN3C)C(C)C)C(C)C. The number of amides is 9. The monoisotopic (exact) mass is 2040 g/mol. The standard InChI is InChI=1S/C104H180N16O24/c1-20-72(8)97(88(133-18)66-93(127)118-45-29-34-84(118)99(134-19)74(10)101(129)108-75(11)98(128)76-30-23-21-24-31-76)116(13)104(132)79(69(2)3)65-86(122)96(71(6)7)115(12)103(131)73(9)64-85(121)94(70(4)5)110-102(130)81(109-90(124)41-49-136-53-57-140-60-62-141-58-54-137-50-44-107-92(126)68-144-100-77-36-38-80-82(39-37-78(77)100)117(14)113-111-80)32-27-28-42-105-91(125)67-143-87-35-26-22-25-33-83-95(87)112-114-119(83)46-51-138-55-59-142-63-61-139-56-52-135-48-40-89(123)106-43-47-120(15,16)17/h21,23-24,30-31,69-75,77-79,81,84,87-88,94,96-100,111-114,128H,20,22,25-29,32-68H2,1-19H3,(H5-,105,106,107,108,109,110,123,124,125,126,129,130)/p+1/t72-,73+,74+,75+,77-,78+,79-,81+,84-,87?,88+,94-,96-,97-,98+,99+,100-/m0/s1. The molecule has 6 aliphatic rings. The molecule has 9 amide bonds. The van der Waals surface area contributed by atoms with Gasteiger partial charge in [0.15, 0.2) is 11.6 Å². The molecule has 1 saturated carbocycles. The fraction of sp³-hybridized carbons (Fsp3) is 0.798. The minimum absolute atomic E-state index is 0.00246. The van der Waals surface area contributed by atoms with Gasteiger partial charge in [-0.05, 0) is 125 Å².